The normalized spacial score (nSPS) is 26.4. The van der Waals surface area contributed by atoms with Gasteiger partial charge in [-0.1, -0.05) is 0 Å². The summed E-state index contributed by atoms with van der Waals surface area (Å²) in [6.07, 6.45) is 5.56. The summed E-state index contributed by atoms with van der Waals surface area (Å²) in [5.74, 6) is 2.36. The minimum Gasteiger partial charge on any atom is -0.348 e. The van der Waals surface area contributed by atoms with Crippen molar-refractivity contribution in [3.8, 4) is 0 Å². The van der Waals surface area contributed by atoms with E-state index in [1.165, 1.54) is 0 Å². The molecule has 1 saturated heterocycles. The van der Waals surface area contributed by atoms with Crippen molar-refractivity contribution in [2.75, 3.05) is 24.6 Å². The van der Waals surface area contributed by atoms with Crippen molar-refractivity contribution in [2.24, 2.45) is 5.92 Å². The maximum absolute atomic E-state index is 12.6. The molecule has 1 aromatic heterocycles. The van der Waals surface area contributed by atoms with Crippen LogP contribution in [0.1, 0.15) is 47.4 Å². The highest BCUT2D eigenvalue weighted by molar-refractivity contribution is 7.99. The third kappa shape index (κ3) is 3.06. The van der Waals surface area contributed by atoms with Gasteiger partial charge in [-0.3, -0.25) is 14.7 Å². The van der Waals surface area contributed by atoms with Gasteiger partial charge in [0.1, 0.15) is 0 Å². The Balaban J connectivity index is 1.33. The Kier molecular flexibility index (Phi) is 4.52. The highest BCUT2D eigenvalue weighted by Crippen LogP contribution is 2.29. The summed E-state index contributed by atoms with van der Waals surface area (Å²) in [6, 6.07) is 0.0966. The average molecular weight is 348 g/mol. The van der Waals surface area contributed by atoms with Gasteiger partial charge in [-0.2, -0.15) is 16.9 Å². The number of H-pyrrole nitrogens is 1. The first kappa shape index (κ1) is 16.0. The summed E-state index contributed by atoms with van der Waals surface area (Å²) >= 11 is 1.91. The van der Waals surface area contributed by atoms with Crippen LogP contribution in [0.25, 0.3) is 0 Å². The number of thioether (sulfide) groups is 1. The standard InChI is InChI=1S/C17H24N4O2S/c22-16(15-13-2-1-3-14(13)19-20-15)18-12-5-4-11(10-12)17(23)21-6-8-24-9-7-21/h11-12H,1-10H2,(H,18,22)(H,19,20)/t11-,12+/m0/s1. The zero-order valence-corrected chi connectivity index (χ0v) is 14.7. The molecule has 130 valence electrons. The van der Waals surface area contributed by atoms with Crippen molar-refractivity contribution in [3.05, 3.63) is 17.0 Å². The largest absolute Gasteiger partial charge is 0.348 e. The van der Waals surface area contributed by atoms with Crippen LogP contribution >= 0.6 is 11.8 Å². The molecule has 2 aliphatic carbocycles. The second-order valence-corrected chi connectivity index (χ2v) is 8.23. The quantitative estimate of drug-likeness (QED) is 0.865. The summed E-state index contributed by atoms with van der Waals surface area (Å²) in [6.45, 7) is 1.74. The summed E-state index contributed by atoms with van der Waals surface area (Å²) in [5.41, 5.74) is 2.76. The van der Waals surface area contributed by atoms with Gasteiger partial charge in [-0.15, -0.1) is 0 Å². The van der Waals surface area contributed by atoms with E-state index >= 15 is 0 Å². The lowest BCUT2D eigenvalue weighted by Gasteiger charge is -2.29. The molecule has 1 aromatic rings. The molecule has 0 aromatic carbocycles. The van der Waals surface area contributed by atoms with Gasteiger partial charge in [0, 0.05) is 47.8 Å². The minimum absolute atomic E-state index is 0.0725. The molecule has 4 rings (SSSR count). The van der Waals surface area contributed by atoms with Crippen molar-refractivity contribution in [1.29, 1.82) is 0 Å². The Morgan fingerprint density at radius 1 is 1.21 bits per heavy atom. The molecule has 2 amide bonds. The molecule has 0 unspecified atom stereocenters. The number of aromatic amines is 1. The lowest BCUT2D eigenvalue weighted by Crippen LogP contribution is -2.41. The number of fused-ring (bicyclic) bond motifs is 1. The van der Waals surface area contributed by atoms with E-state index in [0.29, 0.717) is 5.69 Å². The Morgan fingerprint density at radius 2 is 2.04 bits per heavy atom. The molecule has 2 heterocycles. The number of nitrogens with one attached hydrogen (secondary N) is 2. The lowest BCUT2D eigenvalue weighted by molar-refractivity contribution is -0.135. The van der Waals surface area contributed by atoms with Crippen molar-refractivity contribution < 1.29 is 9.59 Å². The van der Waals surface area contributed by atoms with Crippen LogP contribution in [0.4, 0.5) is 0 Å². The Morgan fingerprint density at radius 3 is 2.88 bits per heavy atom. The van der Waals surface area contributed by atoms with Crippen LogP contribution in [0.2, 0.25) is 0 Å². The van der Waals surface area contributed by atoms with Gasteiger partial charge in [0.15, 0.2) is 5.69 Å². The Labute approximate surface area is 146 Å². The first-order chi connectivity index (χ1) is 11.7. The summed E-state index contributed by atoms with van der Waals surface area (Å²) in [7, 11) is 0. The molecule has 6 nitrogen and oxygen atoms in total. The summed E-state index contributed by atoms with van der Waals surface area (Å²) < 4.78 is 0. The molecule has 0 bridgehead atoms. The van der Waals surface area contributed by atoms with Gasteiger partial charge >= 0.3 is 0 Å². The average Bonchev–Trinajstić information content (AvgIpc) is 3.31. The van der Waals surface area contributed by atoms with Crippen LogP contribution < -0.4 is 5.32 Å². The van der Waals surface area contributed by atoms with E-state index in [-0.39, 0.29) is 23.8 Å². The van der Waals surface area contributed by atoms with Gasteiger partial charge in [-0.05, 0) is 38.5 Å². The maximum Gasteiger partial charge on any atom is 0.272 e. The molecule has 3 aliphatic rings. The van der Waals surface area contributed by atoms with Gasteiger partial charge in [0.2, 0.25) is 5.91 Å². The lowest BCUT2D eigenvalue weighted by atomic mass is 10.1. The molecule has 7 heteroatoms. The number of carbonyl (C=O) groups excluding carboxylic acids is 2. The zero-order chi connectivity index (χ0) is 16.5. The summed E-state index contributed by atoms with van der Waals surface area (Å²) in [5, 5.41) is 10.3. The number of amides is 2. The Bertz CT molecular complexity index is 639. The van der Waals surface area contributed by atoms with Gasteiger partial charge in [0.25, 0.3) is 5.91 Å². The third-order valence-electron chi connectivity index (χ3n) is 5.46. The van der Waals surface area contributed by atoms with E-state index in [9.17, 15) is 9.59 Å². The van der Waals surface area contributed by atoms with Crippen molar-refractivity contribution in [1.82, 2.24) is 20.4 Å². The molecule has 0 radical (unpaired) electrons. The van der Waals surface area contributed by atoms with Crippen LogP contribution in [-0.4, -0.2) is 57.5 Å². The van der Waals surface area contributed by atoms with Crippen molar-refractivity contribution in [2.45, 2.75) is 44.6 Å². The second kappa shape index (κ2) is 6.78. The molecule has 24 heavy (non-hydrogen) atoms. The Hall–Kier alpha value is -1.50. The van der Waals surface area contributed by atoms with Gasteiger partial charge in [0.05, 0.1) is 0 Å². The number of nitrogens with zero attached hydrogens (tertiary/aromatic N) is 2. The fourth-order valence-electron chi connectivity index (χ4n) is 4.14. The van der Waals surface area contributed by atoms with Crippen LogP contribution in [0, 0.1) is 5.92 Å². The molecule has 2 N–H and O–H groups in total. The highest BCUT2D eigenvalue weighted by Gasteiger charge is 2.34. The minimum atomic E-state index is -0.0816. The van der Waals surface area contributed by atoms with Crippen molar-refractivity contribution >= 4 is 23.6 Å². The smallest absolute Gasteiger partial charge is 0.272 e. The van der Waals surface area contributed by atoms with E-state index in [2.05, 4.69) is 15.5 Å². The second-order valence-electron chi connectivity index (χ2n) is 7.00. The number of hydrogen-bond donors (Lipinski definition) is 2. The number of carbonyl (C=O) groups is 2. The highest BCUT2D eigenvalue weighted by atomic mass is 32.2. The summed E-state index contributed by atoms with van der Waals surface area (Å²) in [4.78, 5) is 27.1. The SMILES string of the molecule is O=C(N[C@@H]1CC[C@H](C(=O)N2CCSCC2)C1)c1n[nH]c2c1CCC2. The topological polar surface area (TPSA) is 78.1 Å². The van der Waals surface area contributed by atoms with Crippen LogP contribution in [-0.2, 0) is 17.6 Å². The first-order valence-electron chi connectivity index (χ1n) is 8.96. The van der Waals surface area contributed by atoms with E-state index in [1.54, 1.807) is 0 Å². The first-order valence-corrected chi connectivity index (χ1v) is 10.1. The van der Waals surface area contributed by atoms with Crippen LogP contribution in [0.3, 0.4) is 0 Å². The van der Waals surface area contributed by atoms with Crippen LogP contribution in [0.5, 0.6) is 0 Å². The predicted molar refractivity (Wildman–Crippen MR) is 93.1 cm³/mol. The van der Waals surface area contributed by atoms with E-state index < -0.39 is 0 Å². The van der Waals surface area contributed by atoms with Crippen molar-refractivity contribution in [3.63, 3.8) is 0 Å². The monoisotopic (exact) mass is 348 g/mol. The van der Waals surface area contributed by atoms with E-state index in [1.807, 2.05) is 16.7 Å². The zero-order valence-electron chi connectivity index (χ0n) is 13.8. The van der Waals surface area contributed by atoms with Crippen LogP contribution in [0.15, 0.2) is 0 Å². The van der Waals surface area contributed by atoms with E-state index in [0.717, 1.165) is 74.4 Å². The van der Waals surface area contributed by atoms with Gasteiger partial charge < -0.3 is 10.2 Å². The molecule has 1 aliphatic heterocycles. The number of aromatic nitrogens is 2. The third-order valence-corrected chi connectivity index (χ3v) is 6.40. The molecule has 1 saturated carbocycles. The molecular weight excluding hydrogens is 324 g/mol. The number of aryl methyl sites for hydroxylation is 1. The number of rotatable bonds is 3. The molecular formula is C17H24N4O2S. The number of hydrogen-bond acceptors (Lipinski definition) is 4. The molecule has 2 atom stereocenters. The predicted octanol–water partition coefficient (Wildman–Crippen LogP) is 1.37. The van der Waals surface area contributed by atoms with E-state index in [4.69, 9.17) is 0 Å². The fraction of sp³-hybridized carbons (Fsp3) is 0.706. The maximum atomic E-state index is 12.6. The van der Waals surface area contributed by atoms with Gasteiger partial charge in [-0.25, -0.2) is 0 Å². The molecule has 0 spiro atoms. The fourth-order valence-corrected chi connectivity index (χ4v) is 5.04. The molecule has 2 fully saturated rings.